The lowest BCUT2D eigenvalue weighted by atomic mass is 10.1. The Morgan fingerprint density at radius 2 is 0.804 bits per heavy atom. The van der Waals surface area contributed by atoms with Crippen LogP contribution in [0.4, 0.5) is 0 Å². The zero-order valence-corrected chi connectivity index (χ0v) is 37.7. The van der Waals surface area contributed by atoms with Crippen LogP contribution in [0.5, 0.6) is 0 Å². The zero-order valence-electron chi connectivity index (χ0n) is 36.0. The van der Waals surface area contributed by atoms with E-state index in [0.717, 1.165) is 109 Å². The van der Waals surface area contributed by atoms with Crippen LogP contribution in [0.15, 0.2) is 128 Å². The van der Waals surface area contributed by atoms with Crippen molar-refractivity contribution in [3.63, 3.8) is 0 Å². The fraction of sp³-hybridized carbons (Fsp3) is 0.480. The number of rotatable bonds is 27. The Hall–Kier alpha value is -3.48. The molecule has 2 N–H and O–H groups in total. The van der Waals surface area contributed by atoms with Gasteiger partial charge in [0.15, 0.2) is 0 Å². The van der Waals surface area contributed by atoms with E-state index in [1.165, 1.54) is 33.4 Å². The summed E-state index contributed by atoms with van der Waals surface area (Å²) in [5, 5.41) is 6.25. The molecule has 0 aliphatic heterocycles. The maximum Gasteiger partial charge on any atom is 0.252 e. The van der Waals surface area contributed by atoms with Gasteiger partial charge in [-0.2, -0.15) is 0 Å². The summed E-state index contributed by atoms with van der Waals surface area (Å²) in [6, 6.07) is 15.8. The van der Waals surface area contributed by atoms with E-state index in [4.69, 9.17) is 0 Å². The van der Waals surface area contributed by atoms with Gasteiger partial charge in [-0.05, 0) is 144 Å². The molecular formula is C50H72N2O2S2. The van der Waals surface area contributed by atoms with Gasteiger partial charge in [-0.1, -0.05) is 107 Å². The van der Waals surface area contributed by atoms with Gasteiger partial charge in [0, 0.05) is 34.4 Å². The van der Waals surface area contributed by atoms with Crippen LogP contribution in [0.3, 0.4) is 0 Å². The number of allylic oxidation sites excluding steroid dienone is 10. The van der Waals surface area contributed by atoms with Gasteiger partial charge in [0.2, 0.25) is 0 Å². The van der Waals surface area contributed by atoms with E-state index in [1.807, 2.05) is 48.5 Å². The molecule has 0 heterocycles. The third kappa shape index (κ3) is 22.9. The van der Waals surface area contributed by atoms with Gasteiger partial charge in [0.05, 0.1) is 11.1 Å². The fourth-order valence-corrected chi connectivity index (χ4v) is 8.06. The first-order valence-corrected chi connectivity index (χ1v) is 22.8. The predicted molar refractivity (Wildman–Crippen MR) is 248 cm³/mol. The van der Waals surface area contributed by atoms with Crippen molar-refractivity contribution >= 4 is 35.3 Å². The van der Waals surface area contributed by atoms with Crippen molar-refractivity contribution in [3.05, 3.63) is 130 Å². The van der Waals surface area contributed by atoms with E-state index < -0.39 is 0 Å². The molecule has 0 aliphatic carbocycles. The van der Waals surface area contributed by atoms with E-state index in [0.29, 0.717) is 13.1 Å². The van der Waals surface area contributed by atoms with Gasteiger partial charge < -0.3 is 10.6 Å². The maximum atomic E-state index is 13.1. The number of amides is 2. The minimum absolute atomic E-state index is 0.00882. The second kappa shape index (κ2) is 29.7. The van der Waals surface area contributed by atoms with Crippen molar-refractivity contribution < 1.29 is 9.59 Å². The number of carbonyl (C=O) groups excluding carboxylic acids is 2. The molecular weight excluding hydrogens is 725 g/mol. The van der Waals surface area contributed by atoms with Crippen LogP contribution in [0.25, 0.3) is 0 Å². The molecule has 0 saturated heterocycles. The second-order valence-corrected chi connectivity index (χ2v) is 17.6. The smallest absolute Gasteiger partial charge is 0.252 e. The summed E-state index contributed by atoms with van der Waals surface area (Å²) >= 11 is 3.44. The predicted octanol–water partition coefficient (Wildman–Crippen LogP) is 14.4. The van der Waals surface area contributed by atoms with Crippen LogP contribution < -0.4 is 10.6 Å². The third-order valence-electron chi connectivity index (χ3n) is 9.52. The van der Waals surface area contributed by atoms with Gasteiger partial charge in [-0.15, -0.1) is 23.5 Å². The van der Waals surface area contributed by atoms with Crippen LogP contribution in [0.1, 0.15) is 153 Å². The van der Waals surface area contributed by atoms with Gasteiger partial charge in [-0.3, -0.25) is 9.59 Å². The first-order chi connectivity index (χ1) is 27.0. The molecule has 2 aromatic rings. The normalized spacial score (nSPS) is 12.4. The molecule has 56 heavy (non-hydrogen) atoms. The maximum absolute atomic E-state index is 13.1. The van der Waals surface area contributed by atoms with Crippen molar-refractivity contribution in [3.8, 4) is 0 Å². The molecule has 2 amide bonds. The third-order valence-corrected chi connectivity index (χ3v) is 11.5. The highest BCUT2D eigenvalue weighted by Gasteiger charge is 2.12. The van der Waals surface area contributed by atoms with Crippen LogP contribution in [0, 0.1) is 0 Å². The number of thioether (sulfide) groups is 2. The molecule has 0 atom stereocenters. The lowest BCUT2D eigenvalue weighted by Gasteiger charge is -2.10. The summed E-state index contributed by atoms with van der Waals surface area (Å²) in [6.45, 7) is 18.8. The SMILES string of the molecule is CC(C)=CCC/C(C)=C/CC/C(C)=C/CSc1ccccc1C(=O)NCCCCCCNC(=O)c1ccccc1SC/C=C(\C)CC/C=C(\C)CCC=C(C)C. The largest absolute Gasteiger partial charge is 0.352 e. The first kappa shape index (κ1) is 48.7. The summed E-state index contributed by atoms with van der Waals surface area (Å²) < 4.78 is 0. The Morgan fingerprint density at radius 1 is 0.464 bits per heavy atom. The zero-order chi connectivity index (χ0) is 41.0. The molecule has 0 aromatic heterocycles. The summed E-state index contributed by atoms with van der Waals surface area (Å²) in [4.78, 5) is 28.1. The summed E-state index contributed by atoms with van der Waals surface area (Å²) in [5.41, 5.74) is 9.97. The van der Waals surface area contributed by atoms with E-state index >= 15 is 0 Å². The molecule has 2 rings (SSSR count). The standard InChI is InChI=1S/C50H72N2O2S2/c1-39(2)21-17-23-41(5)25-19-27-43(7)33-37-55-47-31-13-11-29-45(47)49(53)51-35-15-9-10-16-36-52-50(54)46-30-12-14-32-48(46)56-38-34-44(8)28-20-26-42(6)24-18-22-40(3)4/h11-14,21-22,25-26,29-34H,9-10,15-20,23-24,27-28,35-38H2,1-8H3,(H,51,53)(H,52,54)/b41-25+,42-26+,43-33+,44-34+. The van der Waals surface area contributed by atoms with Gasteiger partial charge in [0.25, 0.3) is 11.8 Å². The van der Waals surface area contributed by atoms with Crippen LogP contribution in [0.2, 0.25) is 0 Å². The highest BCUT2D eigenvalue weighted by Crippen LogP contribution is 2.25. The van der Waals surface area contributed by atoms with Crippen LogP contribution in [-0.2, 0) is 0 Å². The molecule has 0 saturated carbocycles. The molecule has 0 fully saturated rings. The molecule has 0 spiro atoms. The second-order valence-electron chi connectivity index (χ2n) is 15.5. The molecule has 0 bridgehead atoms. The Morgan fingerprint density at radius 3 is 1.18 bits per heavy atom. The molecule has 6 heteroatoms. The fourth-order valence-electron chi connectivity index (χ4n) is 5.98. The Kier molecular flexibility index (Phi) is 25.8. The van der Waals surface area contributed by atoms with E-state index in [-0.39, 0.29) is 11.8 Å². The Balaban J connectivity index is 1.66. The molecule has 2 aromatic carbocycles. The van der Waals surface area contributed by atoms with E-state index in [2.05, 4.69) is 102 Å². The summed E-state index contributed by atoms with van der Waals surface area (Å²) in [6.07, 6.45) is 26.6. The Labute approximate surface area is 350 Å². The summed E-state index contributed by atoms with van der Waals surface area (Å²) in [5.74, 6) is 1.69. The van der Waals surface area contributed by atoms with Crippen molar-refractivity contribution in [2.75, 3.05) is 24.6 Å². The van der Waals surface area contributed by atoms with Crippen LogP contribution >= 0.6 is 23.5 Å². The molecule has 0 unspecified atom stereocenters. The number of benzene rings is 2. The first-order valence-electron chi connectivity index (χ1n) is 20.9. The monoisotopic (exact) mass is 797 g/mol. The number of nitrogens with one attached hydrogen (secondary N) is 2. The average molecular weight is 797 g/mol. The van der Waals surface area contributed by atoms with Gasteiger partial charge in [-0.25, -0.2) is 0 Å². The highest BCUT2D eigenvalue weighted by atomic mass is 32.2. The minimum atomic E-state index is -0.00882. The molecule has 0 radical (unpaired) electrons. The number of hydrogen-bond donors (Lipinski definition) is 2. The summed E-state index contributed by atoms with van der Waals surface area (Å²) in [7, 11) is 0. The highest BCUT2D eigenvalue weighted by molar-refractivity contribution is 7.99. The van der Waals surface area contributed by atoms with Gasteiger partial charge in [0.1, 0.15) is 0 Å². The van der Waals surface area contributed by atoms with Crippen molar-refractivity contribution in [2.24, 2.45) is 0 Å². The van der Waals surface area contributed by atoms with Crippen molar-refractivity contribution in [2.45, 2.75) is 142 Å². The lowest BCUT2D eigenvalue weighted by molar-refractivity contribution is 0.0940. The number of hydrogen-bond acceptors (Lipinski definition) is 4. The lowest BCUT2D eigenvalue weighted by Crippen LogP contribution is -2.25. The van der Waals surface area contributed by atoms with Crippen LogP contribution in [-0.4, -0.2) is 36.4 Å². The number of unbranched alkanes of at least 4 members (excludes halogenated alkanes) is 3. The molecule has 0 aliphatic rings. The minimum Gasteiger partial charge on any atom is -0.352 e. The topological polar surface area (TPSA) is 58.2 Å². The number of carbonyl (C=O) groups is 2. The van der Waals surface area contributed by atoms with Crippen molar-refractivity contribution in [1.82, 2.24) is 10.6 Å². The quantitative estimate of drug-likeness (QED) is 0.0537. The van der Waals surface area contributed by atoms with E-state index in [1.54, 1.807) is 23.5 Å². The molecule has 4 nitrogen and oxygen atoms in total. The van der Waals surface area contributed by atoms with Gasteiger partial charge >= 0.3 is 0 Å². The molecule has 306 valence electrons. The average Bonchev–Trinajstić information content (AvgIpc) is 3.15. The van der Waals surface area contributed by atoms with E-state index in [9.17, 15) is 9.59 Å². The Bertz CT molecular complexity index is 1550. The van der Waals surface area contributed by atoms with Crippen molar-refractivity contribution in [1.29, 1.82) is 0 Å².